The zero-order valence-electron chi connectivity index (χ0n) is 10.2. The van der Waals surface area contributed by atoms with Gasteiger partial charge in [-0.25, -0.2) is 4.79 Å². The summed E-state index contributed by atoms with van der Waals surface area (Å²) in [5.74, 6) is -0.629. The molecule has 0 aliphatic carbocycles. The van der Waals surface area contributed by atoms with Crippen molar-refractivity contribution in [1.29, 1.82) is 0 Å². The van der Waals surface area contributed by atoms with Crippen molar-refractivity contribution in [2.45, 2.75) is 6.92 Å². The Morgan fingerprint density at radius 2 is 2.05 bits per heavy atom. The van der Waals surface area contributed by atoms with Crippen LogP contribution in [0.5, 0.6) is 11.5 Å². The number of aromatic carboxylic acids is 1. The molecule has 2 rings (SSSR count). The largest absolute Gasteiger partial charge is 0.478 e. The fourth-order valence-corrected chi connectivity index (χ4v) is 1.79. The molecule has 19 heavy (non-hydrogen) atoms. The van der Waals surface area contributed by atoms with Crippen LogP contribution in [0.15, 0.2) is 36.4 Å². The van der Waals surface area contributed by atoms with Crippen LogP contribution in [-0.2, 0) is 0 Å². The summed E-state index contributed by atoms with van der Waals surface area (Å²) in [5, 5.41) is 9.52. The first-order chi connectivity index (χ1) is 8.99. The molecule has 0 atom stereocenters. The van der Waals surface area contributed by atoms with Crippen molar-refractivity contribution < 1.29 is 14.6 Å². The molecule has 0 saturated heterocycles. The Morgan fingerprint density at radius 1 is 1.32 bits per heavy atom. The first-order valence-electron chi connectivity index (χ1n) is 5.55. The molecule has 0 amide bonds. The van der Waals surface area contributed by atoms with Gasteiger partial charge in [-0.05, 0) is 36.8 Å². The van der Waals surface area contributed by atoms with Gasteiger partial charge in [-0.1, -0.05) is 23.7 Å². The van der Waals surface area contributed by atoms with Crippen LogP contribution in [0.1, 0.15) is 15.9 Å². The van der Waals surface area contributed by atoms with Crippen LogP contribution in [0.25, 0.3) is 0 Å². The molecular formula is C14H12ClNO3. The summed E-state index contributed by atoms with van der Waals surface area (Å²) >= 11 is 6.02. The maximum atomic E-state index is 11.1. The highest BCUT2D eigenvalue weighted by Gasteiger charge is 2.16. The smallest absolute Gasteiger partial charge is 0.339 e. The van der Waals surface area contributed by atoms with Gasteiger partial charge in [0.25, 0.3) is 0 Å². The molecule has 4 nitrogen and oxygen atoms in total. The first kappa shape index (κ1) is 13.2. The molecule has 0 fully saturated rings. The minimum Gasteiger partial charge on any atom is -0.478 e. The van der Waals surface area contributed by atoms with Gasteiger partial charge in [-0.3, -0.25) is 0 Å². The summed E-state index contributed by atoms with van der Waals surface area (Å²) in [4.78, 5) is 11.1. The van der Waals surface area contributed by atoms with Gasteiger partial charge in [0, 0.05) is 0 Å². The van der Waals surface area contributed by atoms with Crippen molar-refractivity contribution >= 4 is 23.3 Å². The van der Waals surface area contributed by atoms with Crippen LogP contribution in [0.2, 0.25) is 5.02 Å². The van der Waals surface area contributed by atoms with Gasteiger partial charge in [-0.2, -0.15) is 0 Å². The topological polar surface area (TPSA) is 72.5 Å². The summed E-state index contributed by atoms with van der Waals surface area (Å²) in [6.45, 7) is 1.88. The second-order valence-electron chi connectivity index (χ2n) is 4.07. The van der Waals surface area contributed by atoms with Gasteiger partial charge in [0.2, 0.25) is 0 Å². The van der Waals surface area contributed by atoms with Gasteiger partial charge < -0.3 is 15.6 Å². The number of ether oxygens (including phenoxy) is 1. The van der Waals surface area contributed by atoms with Crippen molar-refractivity contribution in [2.24, 2.45) is 0 Å². The highest BCUT2D eigenvalue weighted by molar-refractivity contribution is 6.32. The number of nitrogens with two attached hydrogens (primary N) is 1. The van der Waals surface area contributed by atoms with Gasteiger partial charge in [0.05, 0.1) is 10.7 Å². The van der Waals surface area contributed by atoms with Gasteiger partial charge >= 0.3 is 5.97 Å². The molecule has 0 aromatic heterocycles. The molecule has 2 aromatic carbocycles. The van der Waals surface area contributed by atoms with Gasteiger partial charge in [0.1, 0.15) is 11.3 Å². The third kappa shape index (κ3) is 2.80. The third-order valence-corrected chi connectivity index (χ3v) is 2.89. The second-order valence-corrected chi connectivity index (χ2v) is 4.47. The van der Waals surface area contributed by atoms with E-state index in [4.69, 9.17) is 27.2 Å². The quantitative estimate of drug-likeness (QED) is 0.839. The Hall–Kier alpha value is -2.20. The molecule has 2 aromatic rings. The first-order valence-corrected chi connectivity index (χ1v) is 5.92. The number of hydrogen-bond acceptors (Lipinski definition) is 3. The molecule has 3 N–H and O–H groups in total. The highest BCUT2D eigenvalue weighted by atomic mass is 35.5. The average Bonchev–Trinajstić information content (AvgIpc) is 2.35. The van der Waals surface area contributed by atoms with Crippen molar-refractivity contribution in [1.82, 2.24) is 0 Å². The lowest BCUT2D eigenvalue weighted by atomic mass is 10.1. The van der Waals surface area contributed by atoms with Gasteiger partial charge in [-0.15, -0.1) is 0 Å². The van der Waals surface area contributed by atoms with Crippen molar-refractivity contribution in [3.63, 3.8) is 0 Å². The van der Waals surface area contributed by atoms with E-state index < -0.39 is 5.97 Å². The van der Waals surface area contributed by atoms with E-state index in [9.17, 15) is 4.79 Å². The summed E-state index contributed by atoms with van der Waals surface area (Å²) in [7, 11) is 0. The summed E-state index contributed by atoms with van der Waals surface area (Å²) in [6, 6.07) is 9.81. The fourth-order valence-electron chi connectivity index (χ4n) is 1.64. The predicted octanol–water partition coefficient (Wildman–Crippen LogP) is 3.72. The monoisotopic (exact) mass is 277 g/mol. The van der Waals surface area contributed by atoms with Crippen LogP contribution in [0.4, 0.5) is 5.69 Å². The van der Waals surface area contributed by atoms with Crippen molar-refractivity contribution in [3.05, 3.63) is 52.5 Å². The normalized spacial score (nSPS) is 10.2. The van der Waals surface area contributed by atoms with E-state index in [1.807, 2.05) is 13.0 Å². The number of benzene rings is 2. The number of hydrogen-bond donors (Lipinski definition) is 2. The van der Waals surface area contributed by atoms with Gasteiger partial charge in [0.15, 0.2) is 5.75 Å². The fraction of sp³-hybridized carbons (Fsp3) is 0.0714. The van der Waals surface area contributed by atoms with E-state index in [1.165, 1.54) is 6.07 Å². The Bertz CT molecular complexity index is 641. The maximum Gasteiger partial charge on any atom is 0.339 e. The molecule has 0 radical (unpaired) electrons. The zero-order chi connectivity index (χ0) is 14.0. The lowest BCUT2D eigenvalue weighted by Gasteiger charge is -2.12. The SMILES string of the molecule is Cc1ccc(Cl)c(Oc2c(N)cccc2C(=O)O)c1. The zero-order valence-corrected chi connectivity index (χ0v) is 10.9. The number of nitrogen functional groups attached to an aromatic ring is 1. The number of carboxylic acids is 1. The highest BCUT2D eigenvalue weighted by Crippen LogP contribution is 2.35. The van der Waals surface area contributed by atoms with E-state index in [1.54, 1.807) is 24.3 Å². The minimum atomic E-state index is -1.11. The Kier molecular flexibility index (Phi) is 3.62. The van der Waals surface area contributed by atoms with E-state index in [0.29, 0.717) is 10.8 Å². The van der Waals surface area contributed by atoms with E-state index in [-0.39, 0.29) is 17.0 Å². The second kappa shape index (κ2) is 5.20. The lowest BCUT2D eigenvalue weighted by Crippen LogP contribution is -2.03. The van der Waals surface area contributed by atoms with Crippen molar-refractivity contribution in [2.75, 3.05) is 5.73 Å². The Labute approximate surface area is 115 Å². The van der Waals surface area contributed by atoms with Crippen LogP contribution in [-0.4, -0.2) is 11.1 Å². The molecular weight excluding hydrogens is 266 g/mol. The van der Waals surface area contributed by atoms with Crippen molar-refractivity contribution in [3.8, 4) is 11.5 Å². The van der Waals surface area contributed by atoms with Crippen LogP contribution < -0.4 is 10.5 Å². The van der Waals surface area contributed by atoms with E-state index >= 15 is 0 Å². The standard InChI is InChI=1S/C14H12ClNO3/c1-8-5-6-10(15)12(7-8)19-13-9(14(17)18)3-2-4-11(13)16/h2-7H,16H2,1H3,(H,17,18). The molecule has 0 aliphatic heterocycles. The van der Waals surface area contributed by atoms with Crippen LogP contribution >= 0.6 is 11.6 Å². The number of para-hydroxylation sites is 1. The molecule has 0 spiro atoms. The number of aryl methyl sites for hydroxylation is 1. The summed E-state index contributed by atoms with van der Waals surface area (Å²) in [5.41, 5.74) is 6.96. The summed E-state index contributed by atoms with van der Waals surface area (Å²) < 4.78 is 5.58. The maximum absolute atomic E-state index is 11.1. The minimum absolute atomic E-state index is 0.00225. The predicted molar refractivity (Wildman–Crippen MR) is 74.1 cm³/mol. The number of halogens is 1. The molecule has 0 heterocycles. The Morgan fingerprint density at radius 3 is 2.74 bits per heavy atom. The van der Waals surface area contributed by atoms with E-state index in [2.05, 4.69) is 0 Å². The van der Waals surface area contributed by atoms with E-state index in [0.717, 1.165) is 5.56 Å². The molecule has 5 heteroatoms. The Balaban J connectivity index is 2.49. The molecule has 0 unspecified atom stereocenters. The lowest BCUT2D eigenvalue weighted by molar-refractivity contribution is 0.0694. The van der Waals surface area contributed by atoms with Crippen LogP contribution in [0, 0.1) is 6.92 Å². The molecule has 98 valence electrons. The molecule has 0 aliphatic rings. The van der Waals surface area contributed by atoms with Crippen LogP contribution in [0.3, 0.4) is 0 Å². The third-order valence-electron chi connectivity index (χ3n) is 2.57. The number of rotatable bonds is 3. The summed E-state index contributed by atoms with van der Waals surface area (Å²) in [6.07, 6.45) is 0. The number of anilines is 1. The number of carboxylic acid groups (broad SMARTS) is 1. The number of carbonyl (C=O) groups is 1. The average molecular weight is 278 g/mol. The molecule has 0 bridgehead atoms. The molecule has 0 saturated carbocycles.